The van der Waals surface area contributed by atoms with Crippen molar-refractivity contribution in [3.8, 4) is 33.8 Å². The van der Waals surface area contributed by atoms with Crippen molar-refractivity contribution in [3.63, 3.8) is 0 Å². The van der Waals surface area contributed by atoms with Gasteiger partial charge in [-0.1, -0.05) is 6.58 Å². The van der Waals surface area contributed by atoms with E-state index in [1.54, 1.807) is 24.4 Å². The number of anilines is 1. The van der Waals surface area contributed by atoms with Crippen molar-refractivity contribution in [2.24, 2.45) is 0 Å². The lowest BCUT2D eigenvalue weighted by Gasteiger charge is -2.27. The van der Waals surface area contributed by atoms with Gasteiger partial charge in [0.2, 0.25) is 10.0 Å². The number of nitrogens with one attached hydrogen (secondary N) is 1. The van der Waals surface area contributed by atoms with Gasteiger partial charge in [0.05, 0.1) is 23.2 Å². The highest BCUT2D eigenvalue weighted by Gasteiger charge is 2.29. The molecule has 4 heterocycles. The van der Waals surface area contributed by atoms with E-state index in [4.69, 9.17) is 9.40 Å². The maximum atomic E-state index is 14.4. The molecule has 44 heavy (non-hydrogen) atoms. The summed E-state index contributed by atoms with van der Waals surface area (Å²) in [6.07, 6.45) is 3.51. The van der Waals surface area contributed by atoms with Gasteiger partial charge >= 0.3 is 0 Å². The SMILES string of the molecule is C=C(F)c1cc2n(c1C)C(C)Cc1cnc(-c3cc4c(C(=O)NC)c(-c5ccc(F)cc5)oc4cc3N(C)S(C)(=O)=O)cc1-2. The molecule has 3 aromatic heterocycles. The predicted molar refractivity (Wildman–Crippen MR) is 168 cm³/mol. The van der Waals surface area contributed by atoms with E-state index in [9.17, 15) is 22.0 Å². The molecule has 0 saturated heterocycles. The highest BCUT2D eigenvalue weighted by Crippen LogP contribution is 2.44. The van der Waals surface area contributed by atoms with E-state index in [2.05, 4.69) is 23.4 Å². The van der Waals surface area contributed by atoms with Crippen LogP contribution in [0, 0.1) is 12.7 Å². The van der Waals surface area contributed by atoms with Gasteiger partial charge in [0, 0.05) is 71.4 Å². The number of pyridine rings is 1. The third kappa shape index (κ3) is 4.68. The molecule has 5 aromatic rings. The number of furan rings is 1. The van der Waals surface area contributed by atoms with E-state index in [0.717, 1.165) is 33.1 Å². The first-order valence-electron chi connectivity index (χ1n) is 13.9. The Hall–Kier alpha value is -4.77. The molecule has 0 radical (unpaired) electrons. The van der Waals surface area contributed by atoms with Gasteiger partial charge < -0.3 is 14.3 Å². The minimum absolute atomic E-state index is 0.0625. The first-order chi connectivity index (χ1) is 20.8. The summed E-state index contributed by atoms with van der Waals surface area (Å²) >= 11 is 0. The molecule has 0 aliphatic carbocycles. The molecule has 1 aliphatic rings. The molecule has 11 heteroatoms. The van der Waals surface area contributed by atoms with Crippen LogP contribution < -0.4 is 9.62 Å². The molecule has 0 bridgehead atoms. The number of amides is 1. The maximum absolute atomic E-state index is 14.4. The number of hydrogen-bond donors (Lipinski definition) is 1. The number of sulfonamides is 1. The summed E-state index contributed by atoms with van der Waals surface area (Å²) in [5, 5.41) is 3.06. The van der Waals surface area contributed by atoms with Crippen LogP contribution in [0.15, 0.2) is 65.7 Å². The first-order valence-corrected chi connectivity index (χ1v) is 15.7. The first kappa shape index (κ1) is 29.3. The van der Waals surface area contributed by atoms with Gasteiger partial charge in [-0.25, -0.2) is 17.2 Å². The van der Waals surface area contributed by atoms with E-state index >= 15 is 0 Å². The van der Waals surface area contributed by atoms with Crippen molar-refractivity contribution in [1.29, 1.82) is 0 Å². The van der Waals surface area contributed by atoms with Crippen LogP contribution >= 0.6 is 0 Å². The second kappa shape index (κ2) is 10.4. The molecule has 1 amide bonds. The zero-order valence-corrected chi connectivity index (χ0v) is 25.6. The van der Waals surface area contributed by atoms with Crippen molar-refractivity contribution in [2.45, 2.75) is 26.3 Å². The largest absolute Gasteiger partial charge is 0.455 e. The highest BCUT2D eigenvalue weighted by atomic mass is 32.2. The van der Waals surface area contributed by atoms with Gasteiger partial charge in [0.15, 0.2) is 0 Å². The van der Waals surface area contributed by atoms with Crippen LogP contribution in [0.25, 0.3) is 50.6 Å². The lowest BCUT2D eigenvalue weighted by atomic mass is 9.93. The van der Waals surface area contributed by atoms with Crippen molar-refractivity contribution in [2.75, 3.05) is 24.7 Å². The number of benzene rings is 2. The van der Waals surface area contributed by atoms with Crippen LogP contribution in [0.2, 0.25) is 0 Å². The van der Waals surface area contributed by atoms with Crippen molar-refractivity contribution in [3.05, 3.63) is 89.5 Å². The Balaban J connectivity index is 1.64. The fourth-order valence-corrected chi connectivity index (χ4v) is 6.55. The van der Waals surface area contributed by atoms with Gasteiger partial charge in [0.25, 0.3) is 5.91 Å². The minimum Gasteiger partial charge on any atom is -0.455 e. The molecule has 2 aromatic carbocycles. The lowest BCUT2D eigenvalue weighted by molar-refractivity contribution is 0.0964. The van der Waals surface area contributed by atoms with E-state index in [-0.39, 0.29) is 28.6 Å². The van der Waals surface area contributed by atoms with Gasteiger partial charge in [0.1, 0.15) is 23.0 Å². The van der Waals surface area contributed by atoms with Crippen LogP contribution in [0.1, 0.15) is 40.1 Å². The summed E-state index contributed by atoms with van der Waals surface area (Å²) in [5.74, 6) is -1.18. The Morgan fingerprint density at radius 3 is 2.50 bits per heavy atom. The lowest BCUT2D eigenvalue weighted by Crippen LogP contribution is -2.25. The fourth-order valence-electron chi connectivity index (χ4n) is 6.04. The third-order valence-electron chi connectivity index (χ3n) is 8.28. The standard InChI is InChI=1S/C33H30F2N4O4S/c1-17-11-21-16-37-27(13-24(21)29-14-23(18(2)34)19(3)39(17)29)25-12-26-30(15-28(25)38(5)44(6,41)42)43-32(31(26)33(40)36-4)20-7-9-22(35)10-8-20/h7-10,12-17H,2,11H2,1,3-6H3,(H,36,40). The van der Waals surface area contributed by atoms with E-state index in [1.807, 2.05) is 13.0 Å². The summed E-state index contributed by atoms with van der Waals surface area (Å²) < 4.78 is 63.0. The molecule has 0 saturated carbocycles. The van der Waals surface area contributed by atoms with Gasteiger partial charge in [-0.15, -0.1) is 0 Å². The van der Waals surface area contributed by atoms with Crippen LogP contribution in [-0.2, 0) is 16.4 Å². The van der Waals surface area contributed by atoms with Crippen molar-refractivity contribution < 1.29 is 26.4 Å². The predicted octanol–water partition coefficient (Wildman–Crippen LogP) is 6.89. The molecule has 1 aliphatic heterocycles. The Bertz CT molecular complexity index is 2110. The topological polar surface area (TPSA) is 97.4 Å². The van der Waals surface area contributed by atoms with E-state index in [1.165, 1.54) is 38.4 Å². The second-order valence-corrected chi connectivity index (χ2v) is 13.1. The molecule has 0 spiro atoms. The average molecular weight is 617 g/mol. The quantitative estimate of drug-likeness (QED) is 0.224. The summed E-state index contributed by atoms with van der Waals surface area (Å²) in [5.41, 5.74) is 5.93. The molecule has 1 unspecified atom stereocenters. The molecular weight excluding hydrogens is 586 g/mol. The molecule has 0 fully saturated rings. The summed E-state index contributed by atoms with van der Waals surface area (Å²) in [6.45, 7) is 7.42. The smallest absolute Gasteiger partial charge is 0.255 e. The van der Waals surface area contributed by atoms with E-state index < -0.39 is 27.6 Å². The molecule has 6 rings (SSSR count). The van der Waals surface area contributed by atoms with Gasteiger partial charge in [-0.3, -0.25) is 14.1 Å². The minimum atomic E-state index is -3.73. The maximum Gasteiger partial charge on any atom is 0.255 e. The summed E-state index contributed by atoms with van der Waals surface area (Å²) in [6, 6.07) is 12.5. The van der Waals surface area contributed by atoms with Gasteiger partial charge in [-0.05, 0) is 68.3 Å². The van der Waals surface area contributed by atoms with Crippen LogP contribution in [0.5, 0.6) is 0 Å². The van der Waals surface area contributed by atoms with E-state index in [0.29, 0.717) is 34.2 Å². The molecule has 8 nitrogen and oxygen atoms in total. The van der Waals surface area contributed by atoms with Crippen LogP contribution in [-0.4, -0.2) is 44.2 Å². The number of aromatic nitrogens is 2. The number of nitrogens with zero attached hydrogens (tertiary/aromatic N) is 3. The monoisotopic (exact) mass is 616 g/mol. The van der Waals surface area contributed by atoms with Crippen LogP contribution in [0.3, 0.4) is 0 Å². The molecule has 1 atom stereocenters. The van der Waals surface area contributed by atoms with Crippen molar-refractivity contribution >= 4 is 38.4 Å². The zero-order chi connectivity index (χ0) is 31.7. The Labute approximate surface area is 253 Å². The number of fused-ring (bicyclic) bond motifs is 4. The number of carbonyl (C=O) groups excluding carboxylic acids is 1. The normalized spacial score (nSPS) is 14.3. The number of halogens is 2. The Morgan fingerprint density at radius 2 is 1.86 bits per heavy atom. The summed E-state index contributed by atoms with van der Waals surface area (Å²) in [4.78, 5) is 18.0. The fraction of sp³-hybridized carbons (Fsp3) is 0.212. The summed E-state index contributed by atoms with van der Waals surface area (Å²) in [7, 11) is -0.814. The third-order valence-corrected chi connectivity index (χ3v) is 9.47. The Morgan fingerprint density at radius 1 is 1.16 bits per heavy atom. The number of hydrogen-bond acceptors (Lipinski definition) is 5. The average Bonchev–Trinajstić information content (AvgIpc) is 3.54. The highest BCUT2D eigenvalue weighted by molar-refractivity contribution is 7.92. The van der Waals surface area contributed by atoms with Crippen LogP contribution in [0.4, 0.5) is 14.5 Å². The van der Waals surface area contributed by atoms with Gasteiger partial charge in [-0.2, -0.15) is 0 Å². The Kier molecular flexibility index (Phi) is 6.96. The number of rotatable bonds is 6. The van der Waals surface area contributed by atoms with Crippen molar-refractivity contribution in [1.82, 2.24) is 14.9 Å². The number of carbonyl (C=O) groups is 1. The second-order valence-electron chi connectivity index (χ2n) is 11.1. The molecule has 1 N–H and O–H groups in total. The molecular formula is C33H30F2N4O4S. The molecule has 226 valence electrons. The zero-order valence-electron chi connectivity index (χ0n) is 24.8.